The first-order valence-electron chi connectivity index (χ1n) is 12.7. The number of benzene rings is 3. The van der Waals surface area contributed by atoms with Crippen LogP contribution in [0.5, 0.6) is 0 Å². The van der Waals surface area contributed by atoms with Crippen molar-refractivity contribution in [3.63, 3.8) is 0 Å². The number of sulfonamides is 1. The van der Waals surface area contributed by atoms with Gasteiger partial charge in [-0.2, -0.15) is 0 Å². The fourth-order valence-electron chi connectivity index (χ4n) is 3.99. The molecule has 3 aromatic rings. The molecule has 0 fully saturated rings. The molecule has 3 aromatic carbocycles. The summed E-state index contributed by atoms with van der Waals surface area (Å²) in [6, 6.07) is 20.3. The third kappa shape index (κ3) is 8.21. The van der Waals surface area contributed by atoms with Crippen LogP contribution in [-0.4, -0.2) is 44.3 Å². The predicted octanol–water partition coefficient (Wildman–Crippen LogP) is 5.77. The fraction of sp³-hybridized carbons (Fsp3) is 0.310. The van der Waals surface area contributed by atoms with Crippen LogP contribution in [0, 0.1) is 5.92 Å². The molecule has 0 spiro atoms. The summed E-state index contributed by atoms with van der Waals surface area (Å²) in [5.41, 5.74) is 1.08. The van der Waals surface area contributed by atoms with Crippen molar-refractivity contribution in [2.24, 2.45) is 5.92 Å². The van der Waals surface area contributed by atoms with Crippen LogP contribution in [0.3, 0.4) is 0 Å². The van der Waals surface area contributed by atoms with E-state index in [2.05, 4.69) is 5.32 Å². The van der Waals surface area contributed by atoms with Gasteiger partial charge in [-0.1, -0.05) is 74.3 Å². The van der Waals surface area contributed by atoms with Crippen LogP contribution in [0.1, 0.15) is 32.8 Å². The van der Waals surface area contributed by atoms with E-state index in [4.69, 9.17) is 23.2 Å². The Morgan fingerprint density at radius 2 is 1.44 bits per heavy atom. The Morgan fingerprint density at radius 1 is 0.872 bits per heavy atom. The lowest BCUT2D eigenvalue weighted by atomic mass is 10.1. The van der Waals surface area contributed by atoms with Crippen molar-refractivity contribution in [2.45, 2.75) is 44.7 Å². The van der Waals surface area contributed by atoms with Gasteiger partial charge in [0, 0.05) is 23.1 Å². The summed E-state index contributed by atoms with van der Waals surface area (Å²) in [5, 5.41) is 3.85. The second kappa shape index (κ2) is 13.8. The van der Waals surface area contributed by atoms with E-state index in [1.807, 2.05) is 20.8 Å². The Labute approximate surface area is 240 Å². The van der Waals surface area contributed by atoms with Crippen molar-refractivity contribution < 1.29 is 18.0 Å². The average molecular weight is 591 g/mol. The molecule has 208 valence electrons. The molecule has 10 heteroatoms. The number of rotatable bonds is 12. The number of halogens is 2. The number of anilines is 1. The van der Waals surface area contributed by atoms with E-state index < -0.39 is 28.5 Å². The summed E-state index contributed by atoms with van der Waals surface area (Å²) in [6.45, 7) is 5.85. The molecule has 0 bridgehead atoms. The molecule has 0 saturated carbocycles. The van der Waals surface area contributed by atoms with Gasteiger partial charge in [0.15, 0.2) is 0 Å². The van der Waals surface area contributed by atoms with Gasteiger partial charge >= 0.3 is 0 Å². The van der Waals surface area contributed by atoms with E-state index in [9.17, 15) is 18.0 Å². The van der Waals surface area contributed by atoms with Crippen molar-refractivity contribution in [1.29, 1.82) is 0 Å². The third-order valence-electron chi connectivity index (χ3n) is 6.06. The van der Waals surface area contributed by atoms with E-state index in [1.165, 1.54) is 29.2 Å². The number of nitrogens with one attached hydrogen (secondary N) is 1. The van der Waals surface area contributed by atoms with E-state index in [0.29, 0.717) is 28.7 Å². The van der Waals surface area contributed by atoms with Crippen LogP contribution in [0.4, 0.5) is 5.69 Å². The SMILES string of the molecule is CC[C@@H](C(=O)NCC(C)C)N(Cc1ccc(Cl)cc1)C(=O)CN(c1ccccc1)S(=O)(=O)c1ccc(Cl)cc1. The predicted molar refractivity (Wildman–Crippen MR) is 156 cm³/mol. The van der Waals surface area contributed by atoms with Crippen molar-refractivity contribution in [3.8, 4) is 0 Å². The molecule has 3 rings (SSSR count). The number of amides is 2. The number of nitrogens with zero attached hydrogens (tertiary/aromatic N) is 2. The van der Waals surface area contributed by atoms with E-state index in [-0.39, 0.29) is 23.3 Å². The average Bonchev–Trinajstić information content (AvgIpc) is 2.92. The minimum Gasteiger partial charge on any atom is -0.354 e. The van der Waals surface area contributed by atoms with Crippen molar-refractivity contribution >= 4 is 50.7 Å². The molecule has 0 heterocycles. The Kier molecular flexibility index (Phi) is 10.8. The Bertz CT molecular complexity index is 1350. The molecule has 0 aliphatic heterocycles. The van der Waals surface area contributed by atoms with Crippen LogP contribution in [0.2, 0.25) is 10.0 Å². The summed E-state index contributed by atoms with van der Waals surface area (Å²) >= 11 is 12.0. The lowest BCUT2D eigenvalue weighted by molar-refractivity contribution is -0.140. The molecule has 0 saturated heterocycles. The van der Waals surface area contributed by atoms with Crippen LogP contribution in [0.25, 0.3) is 0 Å². The standard InChI is InChI=1S/C29H33Cl2N3O4S/c1-4-27(29(36)32-18-21(2)3)33(19-22-10-12-23(30)13-11-22)28(35)20-34(25-8-6-5-7-9-25)39(37,38)26-16-14-24(31)15-17-26/h5-17,21,27H,4,18-20H2,1-3H3,(H,32,36)/t27-/m0/s1. The molecular weight excluding hydrogens is 557 g/mol. The number of hydrogen-bond acceptors (Lipinski definition) is 4. The van der Waals surface area contributed by atoms with Gasteiger partial charge < -0.3 is 10.2 Å². The van der Waals surface area contributed by atoms with Gasteiger partial charge in [0.25, 0.3) is 10.0 Å². The highest BCUT2D eigenvalue weighted by Crippen LogP contribution is 2.25. The van der Waals surface area contributed by atoms with Gasteiger partial charge in [-0.25, -0.2) is 8.42 Å². The topological polar surface area (TPSA) is 86.8 Å². The monoisotopic (exact) mass is 589 g/mol. The van der Waals surface area contributed by atoms with Gasteiger partial charge in [-0.15, -0.1) is 0 Å². The zero-order valence-electron chi connectivity index (χ0n) is 22.2. The molecule has 0 aromatic heterocycles. The maximum Gasteiger partial charge on any atom is 0.264 e. The van der Waals surface area contributed by atoms with E-state index >= 15 is 0 Å². The van der Waals surface area contributed by atoms with Crippen LogP contribution >= 0.6 is 23.2 Å². The Balaban J connectivity index is 2.01. The maximum atomic E-state index is 14.0. The molecule has 0 aliphatic rings. The normalized spacial score (nSPS) is 12.2. The van der Waals surface area contributed by atoms with Crippen LogP contribution < -0.4 is 9.62 Å². The first kappa shape index (κ1) is 30.5. The Morgan fingerprint density at radius 3 is 1.97 bits per heavy atom. The summed E-state index contributed by atoms with van der Waals surface area (Å²) in [5.74, 6) is -0.580. The molecular formula is C29H33Cl2N3O4S. The molecule has 0 radical (unpaired) electrons. The zero-order valence-corrected chi connectivity index (χ0v) is 24.5. The van der Waals surface area contributed by atoms with Crippen LogP contribution in [0.15, 0.2) is 83.8 Å². The zero-order chi connectivity index (χ0) is 28.6. The van der Waals surface area contributed by atoms with Crippen LogP contribution in [-0.2, 0) is 26.2 Å². The van der Waals surface area contributed by atoms with E-state index in [1.54, 1.807) is 54.6 Å². The van der Waals surface area contributed by atoms with Crippen molar-refractivity contribution in [3.05, 3.63) is 94.5 Å². The Hall–Kier alpha value is -3.07. The number of para-hydroxylation sites is 1. The highest BCUT2D eigenvalue weighted by Gasteiger charge is 2.33. The first-order chi connectivity index (χ1) is 18.5. The summed E-state index contributed by atoms with van der Waals surface area (Å²) < 4.78 is 28.6. The summed E-state index contributed by atoms with van der Waals surface area (Å²) in [6.07, 6.45) is 0.346. The molecule has 2 amide bonds. The van der Waals surface area contributed by atoms with Gasteiger partial charge in [0.2, 0.25) is 11.8 Å². The minimum absolute atomic E-state index is 0.00507. The van der Waals surface area contributed by atoms with Crippen molar-refractivity contribution in [1.82, 2.24) is 10.2 Å². The lowest BCUT2D eigenvalue weighted by Gasteiger charge is -2.33. The first-order valence-corrected chi connectivity index (χ1v) is 14.9. The summed E-state index contributed by atoms with van der Waals surface area (Å²) in [7, 11) is -4.14. The number of carbonyl (C=O) groups is 2. The number of carbonyl (C=O) groups excluding carboxylic acids is 2. The molecule has 0 aliphatic carbocycles. The second-order valence-electron chi connectivity index (χ2n) is 9.51. The van der Waals surface area contributed by atoms with Gasteiger partial charge in [-0.3, -0.25) is 13.9 Å². The third-order valence-corrected chi connectivity index (χ3v) is 8.35. The highest BCUT2D eigenvalue weighted by atomic mass is 35.5. The molecule has 1 atom stereocenters. The lowest BCUT2D eigenvalue weighted by Crippen LogP contribution is -2.52. The van der Waals surface area contributed by atoms with Crippen molar-refractivity contribution in [2.75, 3.05) is 17.4 Å². The van der Waals surface area contributed by atoms with Gasteiger partial charge in [0.1, 0.15) is 12.6 Å². The smallest absolute Gasteiger partial charge is 0.264 e. The molecule has 39 heavy (non-hydrogen) atoms. The van der Waals surface area contributed by atoms with E-state index in [0.717, 1.165) is 9.87 Å². The second-order valence-corrected chi connectivity index (χ2v) is 12.2. The highest BCUT2D eigenvalue weighted by molar-refractivity contribution is 7.92. The summed E-state index contributed by atoms with van der Waals surface area (Å²) in [4.78, 5) is 28.6. The largest absolute Gasteiger partial charge is 0.354 e. The minimum atomic E-state index is -4.14. The molecule has 7 nitrogen and oxygen atoms in total. The fourth-order valence-corrected chi connectivity index (χ4v) is 5.65. The molecule has 1 N–H and O–H groups in total. The van der Waals surface area contributed by atoms with Gasteiger partial charge in [-0.05, 0) is 66.4 Å². The maximum absolute atomic E-state index is 14.0. The number of hydrogen-bond donors (Lipinski definition) is 1. The quantitative estimate of drug-likeness (QED) is 0.290. The van der Waals surface area contributed by atoms with Gasteiger partial charge in [0.05, 0.1) is 10.6 Å². The molecule has 0 unspecified atom stereocenters.